The number of phenols is 1. The number of carbonyl (C=O) groups is 1. The van der Waals surface area contributed by atoms with E-state index in [1.165, 1.54) is 6.21 Å². The molecule has 0 radical (unpaired) electrons. The summed E-state index contributed by atoms with van der Waals surface area (Å²) in [7, 11) is 0. The molecule has 1 heterocycles. The minimum absolute atomic E-state index is 0.189. The first kappa shape index (κ1) is 12.9. The van der Waals surface area contributed by atoms with Gasteiger partial charge in [0.2, 0.25) is 0 Å². The maximum Gasteiger partial charge on any atom is 0.287 e. The summed E-state index contributed by atoms with van der Waals surface area (Å²) in [5, 5.41) is 14.0. The van der Waals surface area contributed by atoms with Gasteiger partial charge in [-0.2, -0.15) is 5.10 Å². The molecule has 0 fully saturated rings. The second kappa shape index (κ2) is 5.50. The van der Waals surface area contributed by atoms with Crippen LogP contribution in [0.3, 0.4) is 0 Å². The van der Waals surface area contributed by atoms with Crippen LogP contribution in [0.15, 0.2) is 59.7 Å². The lowest BCUT2D eigenvalue weighted by Crippen LogP contribution is -2.17. The summed E-state index contributed by atoms with van der Waals surface area (Å²) in [6.45, 7) is 0. The molecule has 0 atom stereocenters. The molecule has 0 aliphatic heterocycles. The molecule has 2 aromatic carbocycles. The Bertz CT molecular complexity index is 771. The first-order chi connectivity index (χ1) is 10.2. The topological polar surface area (TPSA) is 77.5 Å². The zero-order valence-corrected chi connectivity index (χ0v) is 11.1. The molecule has 3 aromatic rings. The zero-order valence-electron chi connectivity index (χ0n) is 11.1. The van der Waals surface area contributed by atoms with Gasteiger partial charge in [-0.25, -0.2) is 5.43 Å². The van der Waals surface area contributed by atoms with Gasteiger partial charge in [-0.3, -0.25) is 4.79 Å². The van der Waals surface area contributed by atoms with Crippen molar-refractivity contribution in [2.24, 2.45) is 5.10 Å². The number of rotatable bonds is 3. The number of nitrogens with one attached hydrogen (secondary N) is 2. The highest BCUT2D eigenvalue weighted by Crippen LogP contribution is 2.14. The number of hydrogen-bond acceptors (Lipinski definition) is 3. The van der Waals surface area contributed by atoms with Crippen molar-refractivity contribution in [3.8, 4) is 5.75 Å². The number of nitrogens with zero attached hydrogens (tertiary/aromatic N) is 1. The quantitative estimate of drug-likeness (QED) is 0.509. The van der Waals surface area contributed by atoms with E-state index in [2.05, 4.69) is 15.5 Å². The van der Waals surface area contributed by atoms with E-state index in [9.17, 15) is 4.79 Å². The van der Waals surface area contributed by atoms with E-state index in [4.69, 9.17) is 5.11 Å². The molecular weight excluding hydrogens is 266 g/mol. The molecular formula is C16H13N3O2. The van der Waals surface area contributed by atoms with E-state index >= 15 is 0 Å². The van der Waals surface area contributed by atoms with E-state index in [0.717, 1.165) is 16.5 Å². The molecule has 104 valence electrons. The number of amides is 1. The van der Waals surface area contributed by atoms with Gasteiger partial charge in [0, 0.05) is 10.9 Å². The number of aromatic hydroxyl groups is 1. The van der Waals surface area contributed by atoms with Crippen molar-refractivity contribution in [2.75, 3.05) is 0 Å². The molecule has 5 heteroatoms. The maximum absolute atomic E-state index is 12.0. The molecule has 1 amide bonds. The number of H-pyrrole nitrogens is 1. The minimum atomic E-state index is -0.304. The lowest BCUT2D eigenvalue weighted by molar-refractivity contribution is 0.0951. The fourth-order valence-corrected chi connectivity index (χ4v) is 1.98. The highest BCUT2D eigenvalue weighted by molar-refractivity contribution is 5.98. The highest BCUT2D eigenvalue weighted by Gasteiger charge is 2.07. The summed E-state index contributed by atoms with van der Waals surface area (Å²) in [6, 6.07) is 16.0. The SMILES string of the molecule is O=C(N/N=C\c1ccc(O)cc1)c1cc2ccccc2[nH]1. The number of benzene rings is 2. The first-order valence-electron chi connectivity index (χ1n) is 6.42. The first-order valence-corrected chi connectivity index (χ1v) is 6.42. The van der Waals surface area contributed by atoms with Crippen molar-refractivity contribution in [3.63, 3.8) is 0 Å². The normalized spacial score (nSPS) is 11.0. The summed E-state index contributed by atoms with van der Waals surface area (Å²) in [5.41, 5.74) is 4.61. The predicted molar refractivity (Wildman–Crippen MR) is 81.5 cm³/mol. The smallest absolute Gasteiger partial charge is 0.287 e. The van der Waals surface area contributed by atoms with Crippen LogP contribution in [-0.2, 0) is 0 Å². The number of carbonyl (C=O) groups excluding carboxylic acids is 1. The number of phenolic OH excluding ortho intramolecular Hbond substituents is 1. The lowest BCUT2D eigenvalue weighted by Gasteiger charge is -1.96. The van der Waals surface area contributed by atoms with Gasteiger partial charge in [-0.1, -0.05) is 18.2 Å². The van der Waals surface area contributed by atoms with E-state index < -0.39 is 0 Å². The molecule has 0 saturated carbocycles. The predicted octanol–water partition coefficient (Wildman–Crippen LogP) is 2.64. The van der Waals surface area contributed by atoms with Crippen molar-refractivity contribution in [1.82, 2.24) is 10.4 Å². The third kappa shape index (κ3) is 2.92. The summed E-state index contributed by atoms with van der Waals surface area (Å²) in [6.07, 6.45) is 1.51. The van der Waals surface area contributed by atoms with E-state index in [-0.39, 0.29) is 11.7 Å². The van der Waals surface area contributed by atoms with Gasteiger partial charge in [-0.05, 0) is 42.0 Å². The molecule has 3 N–H and O–H groups in total. The Balaban J connectivity index is 1.70. The van der Waals surface area contributed by atoms with Gasteiger partial charge in [0.1, 0.15) is 11.4 Å². The van der Waals surface area contributed by atoms with Crippen LogP contribution < -0.4 is 5.43 Å². The van der Waals surface area contributed by atoms with Crippen LogP contribution in [0.1, 0.15) is 16.1 Å². The summed E-state index contributed by atoms with van der Waals surface area (Å²) in [4.78, 5) is 15.0. The Morgan fingerprint density at radius 1 is 1.14 bits per heavy atom. The van der Waals surface area contributed by atoms with Crippen LogP contribution in [0.5, 0.6) is 5.75 Å². The van der Waals surface area contributed by atoms with Crippen LogP contribution in [-0.4, -0.2) is 22.2 Å². The second-order valence-electron chi connectivity index (χ2n) is 4.56. The van der Waals surface area contributed by atoms with Gasteiger partial charge in [0.15, 0.2) is 0 Å². The molecule has 0 saturated heterocycles. The average molecular weight is 279 g/mol. The second-order valence-corrected chi connectivity index (χ2v) is 4.56. The summed E-state index contributed by atoms with van der Waals surface area (Å²) in [5.74, 6) is -0.115. The Kier molecular flexibility index (Phi) is 3.39. The molecule has 0 unspecified atom stereocenters. The minimum Gasteiger partial charge on any atom is -0.508 e. The van der Waals surface area contributed by atoms with Gasteiger partial charge in [0.25, 0.3) is 5.91 Å². The molecule has 0 spiro atoms. The Morgan fingerprint density at radius 2 is 1.90 bits per heavy atom. The largest absolute Gasteiger partial charge is 0.508 e. The maximum atomic E-state index is 12.0. The van der Waals surface area contributed by atoms with Gasteiger partial charge in [0.05, 0.1) is 6.21 Å². The van der Waals surface area contributed by atoms with Crippen molar-refractivity contribution in [1.29, 1.82) is 0 Å². The number of aromatic nitrogens is 1. The molecule has 3 rings (SSSR count). The Morgan fingerprint density at radius 3 is 2.67 bits per heavy atom. The lowest BCUT2D eigenvalue weighted by atomic mass is 10.2. The van der Waals surface area contributed by atoms with Crippen LogP contribution in [0.2, 0.25) is 0 Å². The van der Waals surface area contributed by atoms with Gasteiger partial charge in [-0.15, -0.1) is 0 Å². The number of hydrogen-bond donors (Lipinski definition) is 3. The molecule has 5 nitrogen and oxygen atoms in total. The van der Waals surface area contributed by atoms with Crippen molar-refractivity contribution in [2.45, 2.75) is 0 Å². The van der Waals surface area contributed by atoms with Crippen LogP contribution in [0.25, 0.3) is 10.9 Å². The Labute approximate surface area is 120 Å². The molecule has 0 bridgehead atoms. The number of fused-ring (bicyclic) bond motifs is 1. The number of aromatic amines is 1. The highest BCUT2D eigenvalue weighted by atomic mass is 16.3. The van der Waals surface area contributed by atoms with Crippen LogP contribution >= 0.6 is 0 Å². The standard InChI is InChI=1S/C16H13N3O2/c20-13-7-5-11(6-8-13)10-17-19-16(21)15-9-12-3-1-2-4-14(12)18-15/h1-10,18,20H,(H,19,21)/b17-10-. The Hall–Kier alpha value is -3.08. The van der Waals surface area contributed by atoms with Crippen LogP contribution in [0.4, 0.5) is 0 Å². The summed E-state index contributed by atoms with van der Waals surface area (Å²) < 4.78 is 0. The van der Waals surface area contributed by atoms with Crippen LogP contribution in [0, 0.1) is 0 Å². The van der Waals surface area contributed by atoms with E-state index in [1.807, 2.05) is 24.3 Å². The van der Waals surface area contributed by atoms with Crippen molar-refractivity contribution in [3.05, 3.63) is 65.9 Å². The van der Waals surface area contributed by atoms with Crippen molar-refractivity contribution < 1.29 is 9.90 Å². The fourth-order valence-electron chi connectivity index (χ4n) is 1.98. The average Bonchev–Trinajstić information content (AvgIpc) is 2.93. The third-order valence-corrected chi connectivity index (χ3v) is 3.05. The third-order valence-electron chi connectivity index (χ3n) is 3.05. The van der Waals surface area contributed by atoms with E-state index in [0.29, 0.717) is 5.69 Å². The van der Waals surface area contributed by atoms with Gasteiger partial charge >= 0.3 is 0 Å². The monoisotopic (exact) mass is 279 g/mol. The number of para-hydroxylation sites is 1. The molecule has 21 heavy (non-hydrogen) atoms. The van der Waals surface area contributed by atoms with E-state index in [1.54, 1.807) is 30.3 Å². The van der Waals surface area contributed by atoms with Crippen molar-refractivity contribution >= 4 is 23.0 Å². The molecule has 0 aliphatic carbocycles. The fraction of sp³-hybridized carbons (Fsp3) is 0. The van der Waals surface area contributed by atoms with Gasteiger partial charge < -0.3 is 10.1 Å². The zero-order chi connectivity index (χ0) is 14.7. The number of hydrazone groups is 1. The molecule has 0 aliphatic rings. The summed E-state index contributed by atoms with van der Waals surface area (Å²) >= 11 is 0. The molecule has 1 aromatic heterocycles.